The number of fused-ring (bicyclic) bond motifs is 1. The van der Waals surface area contributed by atoms with Gasteiger partial charge in [0.1, 0.15) is 5.69 Å². The zero-order valence-electron chi connectivity index (χ0n) is 16.5. The topological polar surface area (TPSA) is 65.6 Å². The Morgan fingerprint density at radius 2 is 2.14 bits per heavy atom. The fourth-order valence-electron chi connectivity index (χ4n) is 3.89. The Kier molecular flexibility index (Phi) is 6.97. The number of hydrogen-bond acceptors (Lipinski definition) is 4. The Morgan fingerprint density at radius 3 is 2.89 bits per heavy atom. The second-order valence-electron chi connectivity index (χ2n) is 7.15. The fraction of sp³-hybridized carbons (Fsp3) is 0.524. The van der Waals surface area contributed by atoms with Gasteiger partial charge in [0.25, 0.3) is 5.91 Å². The number of nitrogens with one attached hydrogen (secondary N) is 1. The van der Waals surface area contributed by atoms with Crippen molar-refractivity contribution in [3.63, 3.8) is 0 Å². The molecule has 7 heteroatoms. The molecule has 1 atom stereocenters. The Morgan fingerprint density at radius 1 is 1.32 bits per heavy atom. The molecule has 0 radical (unpaired) electrons. The lowest BCUT2D eigenvalue weighted by molar-refractivity contribution is -0.143. The van der Waals surface area contributed by atoms with Crippen molar-refractivity contribution >= 4 is 34.4 Å². The molecule has 28 heavy (non-hydrogen) atoms. The molecular formula is C21H28ClN3O3. The highest BCUT2D eigenvalue weighted by Crippen LogP contribution is 2.22. The number of benzene rings is 1. The lowest BCUT2D eigenvalue weighted by Gasteiger charge is -2.30. The summed E-state index contributed by atoms with van der Waals surface area (Å²) in [5.74, 6) is -0.373. The van der Waals surface area contributed by atoms with Crippen molar-refractivity contribution in [2.24, 2.45) is 0 Å². The average Bonchev–Trinajstić information content (AvgIpc) is 3.30. The molecule has 152 valence electrons. The van der Waals surface area contributed by atoms with E-state index in [4.69, 9.17) is 16.3 Å². The summed E-state index contributed by atoms with van der Waals surface area (Å²) in [6.45, 7) is 7.27. The molecule has 1 aliphatic heterocycles. The predicted molar refractivity (Wildman–Crippen MR) is 111 cm³/mol. The number of nitrogens with zero attached hydrogens (tertiary/aromatic N) is 2. The lowest BCUT2D eigenvalue weighted by Crippen LogP contribution is -2.44. The van der Waals surface area contributed by atoms with Crippen LogP contribution in [-0.4, -0.2) is 65.5 Å². The summed E-state index contributed by atoms with van der Waals surface area (Å²) in [7, 11) is 0. The highest BCUT2D eigenvalue weighted by atomic mass is 35.5. The quantitative estimate of drug-likeness (QED) is 0.680. The van der Waals surface area contributed by atoms with Crippen molar-refractivity contribution < 1.29 is 14.3 Å². The maximum atomic E-state index is 13.2. The third kappa shape index (κ3) is 4.86. The minimum atomic E-state index is -0.275. The van der Waals surface area contributed by atoms with E-state index in [1.54, 1.807) is 11.8 Å². The van der Waals surface area contributed by atoms with Gasteiger partial charge in [0.15, 0.2) is 0 Å². The zero-order chi connectivity index (χ0) is 20.1. The van der Waals surface area contributed by atoms with E-state index in [1.807, 2.05) is 24.3 Å². The SMILES string of the molecule is CCOC(=O)CCN(CC1CCCN1CC)C(=O)c1cc2ccc(Cl)cc2[nH]1. The van der Waals surface area contributed by atoms with Gasteiger partial charge in [-0.25, -0.2) is 0 Å². The summed E-state index contributed by atoms with van der Waals surface area (Å²) in [6, 6.07) is 7.69. The molecule has 0 saturated carbocycles. The number of amides is 1. The Bertz CT molecular complexity index is 835. The van der Waals surface area contributed by atoms with Crippen LogP contribution < -0.4 is 0 Å². The third-order valence-electron chi connectivity index (χ3n) is 5.33. The van der Waals surface area contributed by atoms with Crippen molar-refractivity contribution in [2.45, 2.75) is 39.2 Å². The number of aromatic nitrogens is 1. The molecule has 0 spiro atoms. The van der Waals surface area contributed by atoms with Gasteiger partial charge in [-0.1, -0.05) is 24.6 Å². The summed E-state index contributed by atoms with van der Waals surface area (Å²) in [6.07, 6.45) is 2.41. The Labute approximate surface area is 170 Å². The monoisotopic (exact) mass is 405 g/mol. The van der Waals surface area contributed by atoms with Gasteiger partial charge in [0.05, 0.1) is 13.0 Å². The third-order valence-corrected chi connectivity index (χ3v) is 5.56. The van der Waals surface area contributed by atoms with Crippen molar-refractivity contribution in [2.75, 3.05) is 32.8 Å². The summed E-state index contributed by atoms with van der Waals surface area (Å²) < 4.78 is 5.04. The predicted octanol–water partition coefficient (Wildman–Crippen LogP) is 3.70. The summed E-state index contributed by atoms with van der Waals surface area (Å²) in [5, 5.41) is 1.56. The van der Waals surface area contributed by atoms with E-state index < -0.39 is 0 Å². The van der Waals surface area contributed by atoms with Crippen LogP contribution in [0.3, 0.4) is 0 Å². The number of likely N-dealkylation sites (tertiary alicyclic amines) is 1. The molecular weight excluding hydrogens is 378 g/mol. The smallest absolute Gasteiger partial charge is 0.307 e. The minimum Gasteiger partial charge on any atom is -0.466 e. The number of rotatable bonds is 8. The number of ether oxygens (including phenoxy) is 1. The first-order chi connectivity index (χ1) is 13.5. The molecule has 0 bridgehead atoms. The molecule has 3 rings (SSSR count). The molecule has 2 heterocycles. The zero-order valence-corrected chi connectivity index (χ0v) is 17.3. The van der Waals surface area contributed by atoms with E-state index in [2.05, 4.69) is 16.8 Å². The summed E-state index contributed by atoms with van der Waals surface area (Å²) in [5.41, 5.74) is 1.35. The molecule has 1 aromatic carbocycles. The van der Waals surface area contributed by atoms with Crippen LogP contribution in [0, 0.1) is 0 Å². The van der Waals surface area contributed by atoms with Gasteiger partial charge in [0, 0.05) is 35.1 Å². The van der Waals surface area contributed by atoms with Crippen LogP contribution in [0.25, 0.3) is 10.9 Å². The highest BCUT2D eigenvalue weighted by molar-refractivity contribution is 6.31. The minimum absolute atomic E-state index is 0.0976. The van der Waals surface area contributed by atoms with E-state index >= 15 is 0 Å². The highest BCUT2D eigenvalue weighted by Gasteiger charge is 2.28. The van der Waals surface area contributed by atoms with Crippen LogP contribution in [0.15, 0.2) is 24.3 Å². The number of carbonyl (C=O) groups excluding carboxylic acids is 2. The van der Waals surface area contributed by atoms with Crippen LogP contribution in [0.2, 0.25) is 5.02 Å². The molecule has 1 fully saturated rings. The van der Waals surface area contributed by atoms with Gasteiger partial charge in [-0.15, -0.1) is 0 Å². The van der Waals surface area contributed by atoms with Crippen molar-refractivity contribution in [1.29, 1.82) is 0 Å². The molecule has 1 amide bonds. The molecule has 0 aliphatic carbocycles. The van der Waals surface area contributed by atoms with Crippen LogP contribution in [0.4, 0.5) is 0 Å². The van der Waals surface area contributed by atoms with Gasteiger partial charge >= 0.3 is 5.97 Å². The largest absolute Gasteiger partial charge is 0.466 e. The standard InChI is InChI=1S/C21H28ClN3O3/c1-3-24-10-5-6-17(24)14-25(11-9-20(26)28-4-2)21(27)19-12-15-7-8-16(22)13-18(15)23-19/h7-8,12-13,17,23H,3-6,9-11,14H2,1-2H3. The van der Waals surface area contributed by atoms with Crippen LogP contribution in [0.5, 0.6) is 0 Å². The second kappa shape index (κ2) is 9.43. The van der Waals surface area contributed by atoms with E-state index in [0.29, 0.717) is 36.5 Å². The van der Waals surface area contributed by atoms with Crippen molar-refractivity contribution in [3.05, 3.63) is 35.0 Å². The van der Waals surface area contributed by atoms with Gasteiger partial charge < -0.3 is 14.6 Å². The number of carbonyl (C=O) groups is 2. The fourth-order valence-corrected chi connectivity index (χ4v) is 4.06. The normalized spacial score (nSPS) is 17.2. The molecule has 6 nitrogen and oxygen atoms in total. The first kappa shape index (κ1) is 20.7. The first-order valence-corrected chi connectivity index (χ1v) is 10.4. The van der Waals surface area contributed by atoms with Gasteiger partial charge in [-0.05, 0) is 51.1 Å². The van der Waals surface area contributed by atoms with Crippen LogP contribution in [0.1, 0.15) is 43.6 Å². The maximum Gasteiger partial charge on any atom is 0.307 e. The molecule has 1 saturated heterocycles. The second-order valence-corrected chi connectivity index (χ2v) is 7.58. The number of aromatic amines is 1. The van der Waals surface area contributed by atoms with Gasteiger partial charge in [-0.3, -0.25) is 14.5 Å². The number of likely N-dealkylation sites (N-methyl/N-ethyl adjacent to an activating group) is 1. The molecule has 1 aliphatic rings. The summed E-state index contributed by atoms with van der Waals surface area (Å²) in [4.78, 5) is 32.4. The number of H-pyrrole nitrogens is 1. The van der Waals surface area contributed by atoms with Crippen molar-refractivity contribution in [3.8, 4) is 0 Å². The van der Waals surface area contributed by atoms with E-state index in [-0.39, 0.29) is 18.3 Å². The summed E-state index contributed by atoms with van der Waals surface area (Å²) >= 11 is 6.06. The van der Waals surface area contributed by atoms with E-state index in [1.165, 1.54) is 0 Å². The van der Waals surface area contributed by atoms with Crippen LogP contribution in [-0.2, 0) is 9.53 Å². The van der Waals surface area contributed by atoms with E-state index in [9.17, 15) is 9.59 Å². The number of halogens is 1. The van der Waals surface area contributed by atoms with Crippen molar-refractivity contribution in [1.82, 2.24) is 14.8 Å². The average molecular weight is 406 g/mol. The number of esters is 1. The van der Waals surface area contributed by atoms with Gasteiger partial charge in [-0.2, -0.15) is 0 Å². The lowest BCUT2D eigenvalue weighted by atomic mass is 10.2. The Hall–Kier alpha value is -2.05. The van der Waals surface area contributed by atoms with Crippen LogP contribution >= 0.6 is 11.6 Å². The maximum absolute atomic E-state index is 13.2. The Balaban J connectivity index is 1.78. The van der Waals surface area contributed by atoms with E-state index in [0.717, 1.165) is 36.8 Å². The molecule has 1 unspecified atom stereocenters. The number of hydrogen-bond donors (Lipinski definition) is 1. The molecule has 1 N–H and O–H groups in total. The van der Waals surface area contributed by atoms with Gasteiger partial charge in [0.2, 0.25) is 0 Å². The molecule has 1 aromatic heterocycles. The molecule has 2 aromatic rings. The first-order valence-electron chi connectivity index (χ1n) is 9.99.